The number of rotatable bonds is 6. The number of sulfonamides is 1. The number of hydrogen-bond acceptors (Lipinski definition) is 5. The van der Waals surface area contributed by atoms with Crippen molar-refractivity contribution in [3.63, 3.8) is 0 Å². The molecule has 1 heterocycles. The lowest BCUT2D eigenvalue weighted by molar-refractivity contribution is -0.0438. The Balaban J connectivity index is 2.61. The van der Waals surface area contributed by atoms with E-state index >= 15 is 0 Å². The molecule has 29 heavy (non-hydrogen) atoms. The van der Waals surface area contributed by atoms with Crippen LogP contribution in [0, 0.1) is 0 Å². The van der Waals surface area contributed by atoms with Gasteiger partial charge in [0.1, 0.15) is 0 Å². The Morgan fingerprint density at radius 3 is 2.10 bits per heavy atom. The average Bonchev–Trinajstić information content (AvgIpc) is 2.81. The Kier molecular flexibility index (Phi) is 6.41. The quantitative estimate of drug-likeness (QED) is 0.639. The molecule has 1 aromatic carbocycles. The largest absolute Gasteiger partial charge is 0.516 e. The van der Waals surface area contributed by atoms with Gasteiger partial charge in [0.05, 0.1) is 23.0 Å². The molecule has 6 nitrogen and oxygen atoms in total. The summed E-state index contributed by atoms with van der Waals surface area (Å²) in [7, 11) is -4.94. The summed E-state index contributed by atoms with van der Waals surface area (Å²) in [6.07, 6.45) is -0.410. The zero-order valence-electron chi connectivity index (χ0n) is 17.6. The van der Waals surface area contributed by atoms with Crippen LogP contribution in [0.2, 0.25) is 0 Å². The van der Waals surface area contributed by atoms with Crippen LogP contribution in [-0.4, -0.2) is 45.9 Å². The van der Waals surface area contributed by atoms with Crippen molar-refractivity contribution in [3.8, 4) is 0 Å². The summed E-state index contributed by atoms with van der Waals surface area (Å²) in [4.78, 5) is 0. The van der Waals surface area contributed by atoms with Crippen molar-refractivity contribution in [2.24, 2.45) is 0 Å². The maximum atomic E-state index is 13.1. The molecule has 0 N–H and O–H groups in total. The van der Waals surface area contributed by atoms with E-state index in [2.05, 4.69) is 0 Å². The molecular weight excluding hydrogens is 410 g/mol. The number of anilines is 1. The standard InChI is InChI=1S/C18H27BF3NO5S/c1-8-23(29(24,25)18(20,21)22)13-9-10-14(12(2)26-7)15(11-13)19-27-16(3,4)17(5,6)28-19/h9-12H,8H2,1-7H3. The molecule has 0 aromatic heterocycles. The van der Waals surface area contributed by atoms with E-state index in [-0.39, 0.29) is 12.2 Å². The van der Waals surface area contributed by atoms with Gasteiger partial charge in [-0.2, -0.15) is 21.6 Å². The fraction of sp³-hybridized carbons (Fsp3) is 0.667. The predicted molar refractivity (Wildman–Crippen MR) is 106 cm³/mol. The van der Waals surface area contributed by atoms with E-state index in [9.17, 15) is 21.6 Å². The first-order valence-corrected chi connectivity index (χ1v) is 10.6. The summed E-state index contributed by atoms with van der Waals surface area (Å²) in [6, 6.07) is 4.23. The van der Waals surface area contributed by atoms with E-state index in [0.29, 0.717) is 15.3 Å². The van der Waals surface area contributed by atoms with Gasteiger partial charge in [0.25, 0.3) is 0 Å². The highest BCUT2D eigenvalue weighted by Gasteiger charge is 2.53. The molecule has 0 radical (unpaired) electrons. The van der Waals surface area contributed by atoms with Gasteiger partial charge in [-0.3, -0.25) is 4.31 Å². The fourth-order valence-electron chi connectivity index (χ4n) is 3.00. The lowest BCUT2D eigenvalue weighted by Crippen LogP contribution is -2.42. The second-order valence-electron chi connectivity index (χ2n) is 7.89. The molecule has 2 rings (SSSR count). The molecule has 1 aliphatic rings. The second-order valence-corrected chi connectivity index (χ2v) is 9.75. The Hall–Kier alpha value is -1.30. The molecular formula is C18H27BF3NO5S. The Labute approximate surface area is 170 Å². The lowest BCUT2D eigenvalue weighted by Gasteiger charge is -2.32. The molecule has 1 saturated heterocycles. The van der Waals surface area contributed by atoms with Crippen LogP contribution in [0.5, 0.6) is 0 Å². The highest BCUT2D eigenvalue weighted by Crippen LogP contribution is 2.38. The van der Waals surface area contributed by atoms with Crippen LogP contribution in [-0.2, 0) is 24.1 Å². The second kappa shape index (κ2) is 7.75. The molecule has 0 amide bonds. The van der Waals surface area contributed by atoms with E-state index in [4.69, 9.17) is 14.0 Å². The molecule has 0 bridgehead atoms. The molecule has 164 valence electrons. The molecule has 1 atom stereocenters. The minimum atomic E-state index is -5.55. The van der Waals surface area contributed by atoms with Crippen LogP contribution in [0.3, 0.4) is 0 Å². The first-order valence-electron chi connectivity index (χ1n) is 9.20. The lowest BCUT2D eigenvalue weighted by atomic mass is 9.74. The van der Waals surface area contributed by atoms with Crippen LogP contribution in [0.15, 0.2) is 18.2 Å². The van der Waals surface area contributed by atoms with E-state index < -0.39 is 40.0 Å². The van der Waals surface area contributed by atoms with E-state index in [1.54, 1.807) is 13.0 Å². The zero-order chi connectivity index (χ0) is 22.4. The van der Waals surface area contributed by atoms with Crippen molar-refractivity contribution in [1.82, 2.24) is 0 Å². The highest BCUT2D eigenvalue weighted by molar-refractivity contribution is 7.93. The molecule has 0 aliphatic carbocycles. The number of methoxy groups -OCH3 is 1. The topological polar surface area (TPSA) is 65.1 Å². The van der Waals surface area contributed by atoms with Gasteiger partial charge in [-0.1, -0.05) is 6.07 Å². The van der Waals surface area contributed by atoms with Crippen molar-refractivity contribution in [2.45, 2.75) is 64.4 Å². The molecule has 1 fully saturated rings. The molecule has 1 aliphatic heterocycles. The number of hydrogen-bond donors (Lipinski definition) is 0. The Morgan fingerprint density at radius 1 is 1.17 bits per heavy atom. The zero-order valence-corrected chi connectivity index (χ0v) is 18.4. The molecule has 0 saturated carbocycles. The summed E-state index contributed by atoms with van der Waals surface area (Å²) in [5, 5.41) is 0. The number of alkyl halides is 3. The minimum absolute atomic E-state index is 0.124. The number of ether oxygens (including phenoxy) is 1. The third-order valence-corrected chi connectivity index (χ3v) is 7.16. The number of nitrogens with zero attached hydrogens (tertiary/aromatic N) is 1. The van der Waals surface area contributed by atoms with E-state index in [0.717, 1.165) is 0 Å². The molecule has 11 heteroatoms. The Morgan fingerprint density at radius 2 is 1.69 bits per heavy atom. The van der Waals surface area contributed by atoms with Crippen molar-refractivity contribution < 1.29 is 35.6 Å². The summed E-state index contributed by atoms with van der Waals surface area (Å²) >= 11 is 0. The van der Waals surface area contributed by atoms with Gasteiger partial charge >= 0.3 is 22.7 Å². The fourth-order valence-corrected chi connectivity index (χ4v) is 3.99. The minimum Gasteiger partial charge on any atom is -0.399 e. The van der Waals surface area contributed by atoms with Gasteiger partial charge in [0.2, 0.25) is 0 Å². The Bertz CT molecular complexity index is 842. The third kappa shape index (κ3) is 4.28. The van der Waals surface area contributed by atoms with Crippen molar-refractivity contribution in [3.05, 3.63) is 23.8 Å². The average molecular weight is 437 g/mol. The highest BCUT2D eigenvalue weighted by atomic mass is 32.2. The van der Waals surface area contributed by atoms with E-state index in [1.807, 2.05) is 27.7 Å². The first-order chi connectivity index (χ1) is 13.1. The molecule has 1 unspecified atom stereocenters. The summed E-state index contributed by atoms with van der Waals surface area (Å²) in [6.45, 7) is 10.1. The van der Waals surface area contributed by atoms with Crippen LogP contribution in [0.4, 0.5) is 18.9 Å². The summed E-state index contributed by atoms with van der Waals surface area (Å²) < 4.78 is 81.2. The first kappa shape index (κ1) is 24.0. The van der Waals surface area contributed by atoms with Crippen LogP contribution < -0.4 is 9.77 Å². The predicted octanol–water partition coefficient (Wildman–Crippen LogP) is 3.37. The van der Waals surface area contributed by atoms with Crippen molar-refractivity contribution in [2.75, 3.05) is 18.0 Å². The number of halogens is 3. The van der Waals surface area contributed by atoms with Gasteiger partial charge in [-0.05, 0) is 64.7 Å². The van der Waals surface area contributed by atoms with Crippen LogP contribution in [0.1, 0.15) is 53.2 Å². The summed E-state index contributed by atoms with van der Waals surface area (Å²) in [5.41, 5.74) is -5.83. The van der Waals surface area contributed by atoms with Crippen LogP contribution in [0.25, 0.3) is 0 Å². The van der Waals surface area contributed by atoms with Gasteiger partial charge < -0.3 is 14.0 Å². The van der Waals surface area contributed by atoms with E-state index in [1.165, 1.54) is 26.2 Å². The van der Waals surface area contributed by atoms with Gasteiger partial charge in [-0.25, -0.2) is 0 Å². The normalized spacial score (nSPS) is 20.0. The smallest absolute Gasteiger partial charge is 0.399 e. The van der Waals surface area contributed by atoms with Gasteiger partial charge in [0, 0.05) is 13.7 Å². The van der Waals surface area contributed by atoms with Gasteiger partial charge in [0.15, 0.2) is 0 Å². The third-order valence-electron chi connectivity index (χ3n) is 5.53. The van der Waals surface area contributed by atoms with Gasteiger partial charge in [-0.15, -0.1) is 0 Å². The van der Waals surface area contributed by atoms with Crippen molar-refractivity contribution >= 4 is 28.3 Å². The SMILES string of the molecule is CCN(c1ccc(C(C)OC)c(B2OC(C)(C)C(C)(C)O2)c1)S(=O)(=O)C(F)(F)F. The summed E-state index contributed by atoms with van der Waals surface area (Å²) in [5.74, 6) is 0. The number of benzene rings is 1. The maximum Gasteiger partial charge on any atom is 0.516 e. The molecule has 1 aromatic rings. The maximum absolute atomic E-state index is 13.1. The van der Waals surface area contributed by atoms with Crippen molar-refractivity contribution in [1.29, 1.82) is 0 Å². The van der Waals surface area contributed by atoms with Crippen LogP contribution >= 0.6 is 0 Å². The molecule has 0 spiro atoms. The monoisotopic (exact) mass is 437 g/mol.